The molecule has 0 radical (unpaired) electrons. The minimum atomic E-state index is -3.65. The Morgan fingerprint density at radius 3 is 2.32 bits per heavy atom. The zero-order valence-corrected chi connectivity index (χ0v) is 18.1. The summed E-state index contributed by atoms with van der Waals surface area (Å²) in [6.45, 7) is 4.54. The number of anilines is 1. The number of benzene rings is 2. The van der Waals surface area contributed by atoms with Crippen LogP contribution in [0.15, 0.2) is 59.8 Å². The third-order valence-corrected chi connectivity index (χ3v) is 6.92. The van der Waals surface area contributed by atoms with Crippen LogP contribution in [0.3, 0.4) is 0 Å². The van der Waals surface area contributed by atoms with Crippen LogP contribution in [-0.4, -0.2) is 44.7 Å². The van der Waals surface area contributed by atoms with Crippen molar-refractivity contribution in [1.82, 2.24) is 9.97 Å². The molecule has 1 fully saturated rings. The third-order valence-electron chi connectivity index (χ3n) is 5.25. The van der Waals surface area contributed by atoms with Crippen molar-refractivity contribution in [3.63, 3.8) is 0 Å². The Balaban J connectivity index is 1.75. The van der Waals surface area contributed by atoms with E-state index in [1.54, 1.807) is 24.5 Å². The molecule has 1 aromatic heterocycles. The first-order valence-electron chi connectivity index (χ1n) is 10.2. The summed E-state index contributed by atoms with van der Waals surface area (Å²) in [5.74, 6) is 0.135. The molecule has 0 atom stereocenters. The number of rotatable bonds is 6. The standard InChI is InChI=1S/C23H24FN3O3S/c1-2-23-25-14-19(15-26-23)18-11-21(27-7-9-30-10-8-27)13-22(12-18)31(28,29)16-17-3-5-20(24)6-4-17/h3-6,11-15H,2,7-10,16H2,1H3. The average Bonchev–Trinajstić information content (AvgIpc) is 2.81. The second-order valence-corrected chi connectivity index (χ2v) is 9.43. The van der Waals surface area contributed by atoms with Crippen molar-refractivity contribution >= 4 is 15.5 Å². The molecule has 0 aliphatic carbocycles. The second kappa shape index (κ2) is 9.11. The molecule has 0 spiro atoms. The molecule has 0 unspecified atom stereocenters. The zero-order valence-electron chi connectivity index (χ0n) is 17.3. The summed E-state index contributed by atoms with van der Waals surface area (Å²) >= 11 is 0. The molecule has 0 N–H and O–H groups in total. The molecular weight excluding hydrogens is 417 g/mol. The lowest BCUT2D eigenvalue weighted by molar-refractivity contribution is 0.122. The fourth-order valence-electron chi connectivity index (χ4n) is 3.50. The largest absolute Gasteiger partial charge is 0.378 e. The fraction of sp³-hybridized carbons (Fsp3) is 0.304. The third kappa shape index (κ3) is 5.08. The molecule has 0 saturated carbocycles. The molecule has 2 heterocycles. The van der Waals surface area contributed by atoms with Gasteiger partial charge in [-0.1, -0.05) is 19.1 Å². The summed E-state index contributed by atoms with van der Waals surface area (Å²) in [6.07, 6.45) is 4.17. The summed E-state index contributed by atoms with van der Waals surface area (Å²) in [7, 11) is -3.65. The number of hydrogen-bond donors (Lipinski definition) is 0. The van der Waals surface area contributed by atoms with E-state index in [1.165, 1.54) is 24.3 Å². The van der Waals surface area contributed by atoms with Gasteiger partial charge in [0.15, 0.2) is 9.84 Å². The van der Waals surface area contributed by atoms with E-state index in [2.05, 4.69) is 14.9 Å². The topological polar surface area (TPSA) is 72.4 Å². The van der Waals surface area contributed by atoms with Crippen LogP contribution in [0.2, 0.25) is 0 Å². The number of halogens is 1. The molecule has 162 valence electrons. The fourth-order valence-corrected chi connectivity index (χ4v) is 4.91. The van der Waals surface area contributed by atoms with E-state index < -0.39 is 15.7 Å². The molecule has 1 saturated heterocycles. The average molecular weight is 442 g/mol. The monoisotopic (exact) mass is 441 g/mol. The zero-order chi connectivity index (χ0) is 21.8. The number of aryl methyl sites for hydroxylation is 1. The highest BCUT2D eigenvalue weighted by Gasteiger charge is 2.21. The molecule has 0 amide bonds. The van der Waals surface area contributed by atoms with Crippen LogP contribution in [0.1, 0.15) is 18.3 Å². The van der Waals surface area contributed by atoms with Crippen LogP contribution in [0, 0.1) is 5.82 Å². The van der Waals surface area contributed by atoms with Gasteiger partial charge in [-0.25, -0.2) is 22.8 Å². The highest BCUT2D eigenvalue weighted by atomic mass is 32.2. The number of morpholine rings is 1. The van der Waals surface area contributed by atoms with E-state index in [-0.39, 0.29) is 10.6 Å². The van der Waals surface area contributed by atoms with Gasteiger partial charge in [-0.2, -0.15) is 0 Å². The lowest BCUT2D eigenvalue weighted by Gasteiger charge is -2.29. The first-order chi connectivity index (χ1) is 14.9. The predicted molar refractivity (Wildman–Crippen MR) is 117 cm³/mol. The summed E-state index contributed by atoms with van der Waals surface area (Å²) in [5, 5.41) is 0. The van der Waals surface area contributed by atoms with Crippen LogP contribution < -0.4 is 4.90 Å². The van der Waals surface area contributed by atoms with Crippen molar-refractivity contribution in [1.29, 1.82) is 0 Å². The van der Waals surface area contributed by atoms with Crippen molar-refractivity contribution in [2.24, 2.45) is 0 Å². The van der Waals surface area contributed by atoms with Gasteiger partial charge in [0.2, 0.25) is 0 Å². The normalized spacial score (nSPS) is 14.6. The molecule has 6 nitrogen and oxygen atoms in total. The van der Waals surface area contributed by atoms with Crippen molar-refractivity contribution in [2.75, 3.05) is 31.2 Å². The molecule has 4 rings (SSSR count). The van der Waals surface area contributed by atoms with E-state index in [4.69, 9.17) is 4.74 Å². The van der Waals surface area contributed by atoms with Gasteiger partial charge < -0.3 is 9.64 Å². The maximum atomic E-state index is 13.2. The summed E-state index contributed by atoms with van der Waals surface area (Å²) < 4.78 is 45.1. The maximum Gasteiger partial charge on any atom is 0.182 e. The Morgan fingerprint density at radius 2 is 1.68 bits per heavy atom. The maximum absolute atomic E-state index is 13.2. The van der Waals surface area contributed by atoms with Gasteiger partial charge in [-0.3, -0.25) is 0 Å². The molecule has 31 heavy (non-hydrogen) atoms. The Kier molecular flexibility index (Phi) is 6.29. The quantitative estimate of drug-likeness (QED) is 0.581. The summed E-state index contributed by atoms with van der Waals surface area (Å²) in [4.78, 5) is 11.0. The summed E-state index contributed by atoms with van der Waals surface area (Å²) in [6, 6.07) is 10.9. The first-order valence-corrected chi connectivity index (χ1v) is 11.9. The lowest BCUT2D eigenvalue weighted by atomic mass is 10.1. The second-order valence-electron chi connectivity index (χ2n) is 7.44. The molecule has 1 aliphatic rings. The minimum Gasteiger partial charge on any atom is -0.378 e. The van der Waals surface area contributed by atoms with Gasteiger partial charge in [0, 0.05) is 43.2 Å². The lowest BCUT2D eigenvalue weighted by Crippen LogP contribution is -2.36. The van der Waals surface area contributed by atoms with Crippen molar-refractivity contribution in [2.45, 2.75) is 24.0 Å². The number of sulfone groups is 1. The Hall–Kier alpha value is -2.84. The van der Waals surface area contributed by atoms with Crippen LogP contribution in [0.25, 0.3) is 11.1 Å². The number of ether oxygens (including phenoxy) is 1. The Bertz CT molecular complexity index is 1140. The van der Waals surface area contributed by atoms with E-state index in [0.29, 0.717) is 31.9 Å². The van der Waals surface area contributed by atoms with Crippen LogP contribution in [-0.2, 0) is 26.7 Å². The van der Waals surface area contributed by atoms with Gasteiger partial charge in [0.25, 0.3) is 0 Å². The van der Waals surface area contributed by atoms with Gasteiger partial charge in [-0.15, -0.1) is 0 Å². The van der Waals surface area contributed by atoms with Gasteiger partial charge in [0.1, 0.15) is 11.6 Å². The number of aromatic nitrogens is 2. The first kappa shape index (κ1) is 21.4. The van der Waals surface area contributed by atoms with Crippen molar-refractivity contribution in [3.8, 4) is 11.1 Å². The minimum absolute atomic E-state index is 0.204. The van der Waals surface area contributed by atoms with Crippen LogP contribution >= 0.6 is 0 Å². The van der Waals surface area contributed by atoms with Gasteiger partial charge in [0.05, 0.1) is 23.9 Å². The highest BCUT2D eigenvalue weighted by molar-refractivity contribution is 7.90. The molecule has 0 bridgehead atoms. The highest BCUT2D eigenvalue weighted by Crippen LogP contribution is 2.30. The van der Waals surface area contributed by atoms with Crippen LogP contribution in [0.4, 0.5) is 10.1 Å². The number of nitrogens with zero attached hydrogens (tertiary/aromatic N) is 3. The molecular formula is C23H24FN3O3S. The Morgan fingerprint density at radius 1 is 1.00 bits per heavy atom. The van der Waals surface area contributed by atoms with E-state index in [1.807, 2.05) is 13.0 Å². The van der Waals surface area contributed by atoms with E-state index in [0.717, 1.165) is 29.1 Å². The SMILES string of the molecule is CCc1ncc(-c2cc(N3CCOCC3)cc(S(=O)(=O)Cc3ccc(F)cc3)c2)cn1. The smallest absolute Gasteiger partial charge is 0.182 e. The predicted octanol–water partition coefficient (Wildman–Crippen LogP) is 3.66. The van der Waals surface area contributed by atoms with Crippen molar-refractivity contribution in [3.05, 3.63) is 72.1 Å². The molecule has 3 aromatic rings. The van der Waals surface area contributed by atoms with E-state index in [9.17, 15) is 12.8 Å². The van der Waals surface area contributed by atoms with Crippen molar-refractivity contribution < 1.29 is 17.5 Å². The van der Waals surface area contributed by atoms with Gasteiger partial charge in [-0.05, 0) is 41.5 Å². The molecule has 8 heteroatoms. The van der Waals surface area contributed by atoms with Crippen LogP contribution in [0.5, 0.6) is 0 Å². The molecule has 1 aliphatic heterocycles. The number of hydrogen-bond acceptors (Lipinski definition) is 6. The van der Waals surface area contributed by atoms with E-state index >= 15 is 0 Å². The van der Waals surface area contributed by atoms with Gasteiger partial charge >= 0.3 is 0 Å². The molecule has 2 aromatic carbocycles. The summed E-state index contributed by atoms with van der Waals surface area (Å²) in [5.41, 5.74) is 2.85. The Labute approximate surface area is 181 Å².